The zero-order valence-corrected chi connectivity index (χ0v) is 62.0. The van der Waals surface area contributed by atoms with Crippen molar-refractivity contribution in [3.63, 3.8) is 0 Å². The van der Waals surface area contributed by atoms with Crippen molar-refractivity contribution in [3.05, 3.63) is 0 Å². The lowest BCUT2D eigenvalue weighted by Crippen LogP contribution is -2.50. The van der Waals surface area contributed by atoms with Crippen LogP contribution in [0.4, 0.5) is 0 Å². The molecule has 3 radical (unpaired) electrons. The molecule has 3 aliphatic heterocycles. The number of hydrogen-bond donors (Lipinski definition) is 0. The SMILES string of the molecule is CC(C)C.CC(C)C.CC(C)C1CC2(C1)CC(C(C)C)C2.CC(C)C1CCC(C(C)C)CC1.CC(C)C1CCC(C(C)C)CC1.CC(C)C1CCC(C(C)C)OC1.CC(C)C1CCN(C(C)C)CC1.CC(C)C1COC(C(C)C)OC1.[B]. The predicted molar refractivity (Wildman–Crippen MR) is 370 cm³/mol. The molecule has 0 bridgehead atoms. The fourth-order valence-electron chi connectivity index (χ4n) is 13.6. The Kier molecular flexibility index (Phi) is 45.4. The number of piperidine rings is 1. The summed E-state index contributed by atoms with van der Waals surface area (Å²) < 4.78 is 17.0. The van der Waals surface area contributed by atoms with Gasteiger partial charge in [-0.15, -0.1) is 0 Å². The molecule has 3 heterocycles. The molecule has 7 aliphatic rings. The highest BCUT2D eigenvalue weighted by Gasteiger charge is 2.53. The second-order valence-electron chi connectivity index (χ2n) is 33.8. The molecule has 2 unspecified atom stereocenters. The van der Waals surface area contributed by atoms with E-state index in [1.54, 1.807) is 25.7 Å². The molecule has 1 spiro atoms. The fraction of sp³-hybridized carbons (Fsp3) is 1.00. The minimum absolute atomic E-state index is 0. The monoisotopic (exact) mass is 1160 g/mol. The second kappa shape index (κ2) is 44.4. The first-order valence-corrected chi connectivity index (χ1v) is 36.1. The summed E-state index contributed by atoms with van der Waals surface area (Å²) in [6.45, 7) is 74.0. The van der Waals surface area contributed by atoms with Crippen molar-refractivity contribution in [2.24, 2.45) is 136 Å². The lowest BCUT2D eigenvalue weighted by molar-refractivity contribution is -0.224. The molecule has 0 N–H and O–H groups in total. The van der Waals surface area contributed by atoms with Gasteiger partial charge in [-0.1, -0.05) is 194 Å². The largest absolute Gasteiger partial charge is 0.378 e. The molecule has 4 nitrogen and oxygen atoms in total. The van der Waals surface area contributed by atoms with E-state index in [0.717, 1.165) is 138 Å². The van der Waals surface area contributed by atoms with Gasteiger partial charge in [-0.3, -0.25) is 0 Å². The predicted octanol–water partition coefficient (Wildman–Crippen LogP) is 23.4. The highest BCUT2D eigenvalue weighted by atomic mass is 16.7. The van der Waals surface area contributed by atoms with E-state index in [2.05, 4.69) is 213 Å². The maximum absolute atomic E-state index is 5.81. The van der Waals surface area contributed by atoms with Gasteiger partial charge in [0, 0.05) is 26.3 Å². The zero-order chi connectivity index (χ0) is 62.5. The summed E-state index contributed by atoms with van der Waals surface area (Å²) in [6.07, 6.45) is 24.1. The van der Waals surface area contributed by atoms with Gasteiger partial charge in [-0.2, -0.15) is 0 Å². The molecule has 7 rings (SSSR count). The summed E-state index contributed by atoms with van der Waals surface area (Å²) in [5.41, 5.74) is 0.851. The van der Waals surface area contributed by atoms with E-state index >= 15 is 0 Å². The summed E-state index contributed by atoms with van der Waals surface area (Å²) in [5.74, 6) is 19.3. The van der Waals surface area contributed by atoms with Crippen LogP contribution in [0.15, 0.2) is 0 Å². The van der Waals surface area contributed by atoms with Gasteiger partial charge in [0.15, 0.2) is 6.29 Å². The summed E-state index contributed by atoms with van der Waals surface area (Å²) in [4.78, 5) is 2.60. The average Bonchev–Trinajstić information content (AvgIpc) is 3.36. The number of likely N-dealkylation sites (tertiary alicyclic amines) is 1. The smallest absolute Gasteiger partial charge is 0.159 e. The Bertz CT molecular complexity index is 1110. The Hall–Kier alpha value is -0.0951. The lowest BCUT2D eigenvalue weighted by Gasteiger charge is -2.60. The van der Waals surface area contributed by atoms with Crippen molar-refractivity contribution < 1.29 is 14.2 Å². The molecule has 0 aromatic rings. The molecule has 0 amide bonds. The minimum atomic E-state index is 0. The van der Waals surface area contributed by atoms with Crippen LogP contribution in [0.2, 0.25) is 0 Å². The van der Waals surface area contributed by atoms with Crippen LogP contribution in [-0.4, -0.2) is 64.7 Å². The first kappa shape index (κ1) is 84.0. The van der Waals surface area contributed by atoms with Crippen LogP contribution < -0.4 is 0 Å². The first-order chi connectivity index (χ1) is 37.5. The minimum Gasteiger partial charge on any atom is -0.378 e. The van der Waals surface area contributed by atoms with Crippen molar-refractivity contribution in [1.29, 1.82) is 0 Å². The Morgan fingerprint density at radius 2 is 0.512 bits per heavy atom. The van der Waals surface area contributed by atoms with Gasteiger partial charge in [0.1, 0.15) is 0 Å². The van der Waals surface area contributed by atoms with Crippen LogP contribution in [0.1, 0.15) is 310 Å². The molecule has 4 saturated carbocycles. The van der Waals surface area contributed by atoms with Crippen molar-refractivity contribution in [3.8, 4) is 0 Å². The van der Waals surface area contributed by atoms with Gasteiger partial charge in [-0.25, -0.2) is 0 Å². The highest BCUT2D eigenvalue weighted by molar-refractivity contribution is 5.75. The van der Waals surface area contributed by atoms with Crippen LogP contribution in [0.25, 0.3) is 0 Å². The number of ether oxygens (including phenoxy) is 3. The Morgan fingerprint density at radius 1 is 0.268 bits per heavy atom. The molecular formula is C77H157BNO3. The molecule has 4 aliphatic carbocycles. The summed E-state index contributed by atoms with van der Waals surface area (Å²) in [7, 11) is 0. The lowest BCUT2D eigenvalue weighted by atomic mass is 9.45. The van der Waals surface area contributed by atoms with Gasteiger partial charge in [0.2, 0.25) is 0 Å². The van der Waals surface area contributed by atoms with Crippen molar-refractivity contribution >= 4 is 8.41 Å². The van der Waals surface area contributed by atoms with E-state index in [9.17, 15) is 0 Å². The fourth-order valence-corrected chi connectivity index (χ4v) is 13.6. The van der Waals surface area contributed by atoms with Crippen molar-refractivity contribution in [2.75, 3.05) is 32.9 Å². The van der Waals surface area contributed by atoms with E-state index in [1.165, 1.54) is 90.1 Å². The van der Waals surface area contributed by atoms with Crippen LogP contribution in [0, 0.1) is 136 Å². The molecule has 7 fully saturated rings. The van der Waals surface area contributed by atoms with Crippen LogP contribution in [0.5, 0.6) is 0 Å². The van der Waals surface area contributed by atoms with Gasteiger partial charge in [0.05, 0.1) is 25.9 Å². The molecule has 2 atom stereocenters. The molecule has 82 heavy (non-hydrogen) atoms. The van der Waals surface area contributed by atoms with Crippen molar-refractivity contribution in [2.45, 2.75) is 329 Å². The third-order valence-electron chi connectivity index (χ3n) is 20.8. The number of nitrogens with zero attached hydrogens (tertiary/aromatic N) is 1. The summed E-state index contributed by atoms with van der Waals surface area (Å²) >= 11 is 0. The van der Waals surface area contributed by atoms with E-state index in [1.807, 2.05) is 0 Å². The standard InChI is InChI=1S/C13H24.2C12H24.C11H23N.C11H22O.C10H20O2.2C4H10.B/c1-9(2)11-5-13(6-11)7-12(8-13)10(3)4;3*1-9(2)11-5-7-12(8-6-11)10(3)4;1-8(2)10-5-6-11(9(3)4)12-7-10;1-7(2)9-5-11-10(8(3)4)12-6-9;2*1-4(2)3;/h9-12H,5-8H2,1-4H3;2*9-12H,5-8H2,1-4H3;9-11H,5-8H2,1-4H3;8-11H,5-7H2,1-4H3;7-10H,5-6H2,1-4H3;2*4H,1-3H3;. The highest BCUT2D eigenvalue weighted by Crippen LogP contribution is 2.64. The summed E-state index contributed by atoms with van der Waals surface area (Å²) in [6, 6.07) is 0.748. The number of rotatable bonds is 12. The second-order valence-corrected chi connectivity index (χ2v) is 33.8. The third kappa shape index (κ3) is 35.8. The quantitative estimate of drug-likeness (QED) is 0.182. The third-order valence-corrected chi connectivity index (χ3v) is 20.8. The van der Waals surface area contributed by atoms with Crippen molar-refractivity contribution in [1.82, 2.24) is 4.90 Å². The van der Waals surface area contributed by atoms with E-state index < -0.39 is 0 Å². The molecule has 5 heteroatoms. The van der Waals surface area contributed by atoms with E-state index in [0.29, 0.717) is 29.8 Å². The molecule has 0 aromatic heterocycles. The van der Waals surface area contributed by atoms with Crippen LogP contribution >= 0.6 is 0 Å². The van der Waals surface area contributed by atoms with Gasteiger partial charge in [-0.05, 0) is 253 Å². The maximum Gasteiger partial charge on any atom is 0.159 e. The molecular weight excluding hydrogens is 998 g/mol. The topological polar surface area (TPSA) is 30.9 Å². The Morgan fingerprint density at radius 3 is 0.720 bits per heavy atom. The Labute approximate surface area is 522 Å². The van der Waals surface area contributed by atoms with Gasteiger partial charge < -0.3 is 19.1 Å². The van der Waals surface area contributed by atoms with Crippen LogP contribution in [0.3, 0.4) is 0 Å². The van der Waals surface area contributed by atoms with E-state index in [-0.39, 0.29) is 14.7 Å². The molecule has 0 aromatic carbocycles. The van der Waals surface area contributed by atoms with E-state index in [4.69, 9.17) is 14.2 Å². The normalized spacial score (nSPS) is 29.6. The number of hydrogen-bond acceptors (Lipinski definition) is 4. The van der Waals surface area contributed by atoms with Crippen LogP contribution in [-0.2, 0) is 14.2 Å². The molecule has 491 valence electrons. The maximum atomic E-state index is 5.81. The molecule has 3 saturated heterocycles. The van der Waals surface area contributed by atoms with Gasteiger partial charge >= 0.3 is 0 Å². The Balaban J connectivity index is 0. The van der Waals surface area contributed by atoms with Gasteiger partial charge in [0.25, 0.3) is 0 Å². The zero-order valence-electron chi connectivity index (χ0n) is 62.0. The first-order valence-electron chi connectivity index (χ1n) is 36.1. The summed E-state index contributed by atoms with van der Waals surface area (Å²) in [5, 5.41) is 0. The average molecular weight is 1160 g/mol.